The second kappa shape index (κ2) is 4.85. The molecule has 0 aliphatic heterocycles. The van der Waals surface area contributed by atoms with Crippen LogP contribution < -0.4 is 4.74 Å². The molecule has 0 aromatic carbocycles. The first kappa shape index (κ1) is 10.0. The molecule has 1 unspecified atom stereocenters. The van der Waals surface area contributed by atoms with Crippen molar-refractivity contribution in [1.82, 2.24) is 4.98 Å². The Balaban J connectivity index is 2.69. The lowest BCUT2D eigenvalue weighted by atomic mass is 10.0. The Labute approximate surface area is 80.0 Å². The maximum Gasteiger partial charge on any atom is 0.213 e. The molecule has 13 heavy (non-hydrogen) atoms. The van der Waals surface area contributed by atoms with Crippen LogP contribution in [0.4, 0.5) is 0 Å². The predicted molar refractivity (Wildman–Crippen MR) is 54.1 cm³/mol. The van der Waals surface area contributed by atoms with Crippen LogP contribution in [0.15, 0.2) is 18.3 Å². The average molecular weight is 179 g/mol. The molecule has 2 heteroatoms. The van der Waals surface area contributed by atoms with Crippen LogP contribution in [-0.4, -0.2) is 11.6 Å². The largest absolute Gasteiger partial charge is 0.478 e. The third kappa shape index (κ3) is 2.72. The van der Waals surface area contributed by atoms with Crippen LogP contribution in [0.3, 0.4) is 0 Å². The van der Waals surface area contributed by atoms with Crippen molar-refractivity contribution >= 4 is 0 Å². The molecule has 0 saturated carbocycles. The Bertz CT molecular complexity index is 243. The summed E-state index contributed by atoms with van der Waals surface area (Å²) >= 11 is 0. The quantitative estimate of drug-likeness (QED) is 0.708. The summed E-state index contributed by atoms with van der Waals surface area (Å²) < 4.78 is 5.26. The van der Waals surface area contributed by atoms with Crippen LogP contribution in [0, 0.1) is 0 Å². The molecule has 1 heterocycles. The van der Waals surface area contributed by atoms with Crippen LogP contribution in [-0.2, 0) is 0 Å². The number of rotatable bonds is 4. The predicted octanol–water partition coefficient (Wildman–Crippen LogP) is 2.99. The van der Waals surface area contributed by atoms with E-state index in [4.69, 9.17) is 4.74 Å². The van der Waals surface area contributed by atoms with Crippen LogP contribution in [0.1, 0.15) is 38.7 Å². The van der Waals surface area contributed by atoms with Gasteiger partial charge in [-0.3, -0.25) is 0 Å². The first-order chi connectivity index (χ1) is 6.27. The van der Waals surface area contributed by atoms with Crippen LogP contribution in [0.25, 0.3) is 0 Å². The third-order valence-electron chi connectivity index (χ3n) is 2.23. The molecule has 1 aromatic rings. The highest BCUT2D eigenvalue weighted by molar-refractivity contribution is 5.20. The summed E-state index contributed by atoms with van der Waals surface area (Å²) in [6.07, 6.45) is 3.05. The molecule has 1 atom stereocenters. The fourth-order valence-corrected chi connectivity index (χ4v) is 1.15. The molecule has 2 nitrogen and oxygen atoms in total. The van der Waals surface area contributed by atoms with Gasteiger partial charge in [-0.25, -0.2) is 4.98 Å². The maximum absolute atomic E-state index is 5.26. The summed E-state index contributed by atoms with van der Waals surface area (Å²) in [7, 11) is 0. The van der Waals surface area contributed by atoms with Crippen LogP contribution >= 0.6 is 0 Å². The zero-order valence-corrected chi connectivity index (χ0v) is 8.58. The minimum absolute atomic E-state index is 0.586. The van der Waals surface area contributed by atoms with E-state index in [0.29, 0.717) is 12.5 Å². The SMILES string of the molecule is CCOc1ccc(C(C)CC)cn1. The summed E-state index contributed by atoms with van der Waals surface area (Å²) in [4.78, 5) is 4.22. The third-order valence-corrected chi connectivity index (χ3v) is 2.23. The van der Waals surface area contributed by atoms with Gasteiger partial charge < -0.3 is 4.74 Å². The van der Waals surface area contributed by atoms with Crippen molar-refractivity contribution in [3.05, 3.63) is 23.9 Å². The topological polar surface area (TPSA) is 22.1 Å². The lowest BCUT2D eigenvalue weighted by Gasteiger charge is -2.08. The van der Waals surface area contributed by atoms with Gasteiger partial charge in [0.2, 0.25) is 5.88 Å². The molecule has 0 amide bonds. The fraction of sp³-hybridized carbons (Fsp3) is 0.545. The van der Waals surface area contributed by atoms with Crippen molar-refractivity contribution in [3.8, 4) is 5.88 Å². The van der Waals surface area contributed by atoms with Gasteiger partial charge >= 0.3 is 0 Å². The number of pyridine rings is 1. The lowest BCUT2D eigenvalue weighted by molar-refractivity contribution is 0.326. The van der Waals surface area contributed by atoms with E-state index in [2.05, 4.69) is 24.9 Å². The molecule has 0 fully saturated rings. The summed E-state index contributed by atoms with van der Waals surface area (Å²) in [5.74, 6) is 1.30. The second-order valence-electron chi connectivity index (χ2n) is 3.17. The van der Waals surface area contributed by atoms with Crippen LogP contribution in [0.5, 0.6) is 5.88 Å². The Morgan fingerprint density at radius 2 is 2.15 bits per heavy atom. The van der Waals surface area contributed by atoms with Crippen molar-refractivity contribution in [3.63, 3.8) is 0 Å². The van der Waals surface area contributed by atoms with Gasteiger partial charge in [0, 0.05) is 12.3 Å². The highest BCUT2D eigenvalue weighted by atomic mass is 16.5. The molecule has 0 saturated heterocycles. The van der Waals surface area contributed by atoms with E-state index in [9.17, 15) is 0 Å². The van der Waals surface area contributed by atoms with Gasteiger partial charge in [-0.15, -0.1) is 0 Å². The molecule has 1 aromatic heterocycles. The van der Waals surface area contributed by atoms with E-state index >= 15 is 0 Å². The maximum atomic E-state index is 5.26. The van der Waals surface area contributed by atoms with Crippen molar-refractivity contribution in [2.45, 2.75) is 33.1 Å². The standard InChI is InChI=1S/C11H17NO/c1-4-9(3)10-6-7-11(12-8-10)13-5-2/h6-9H,4-5H2,1-3H3. The Hall–Kier alpha value is -1.05. The minimum atomic E-state index is 0.586. The van der Waals surface area contributed by atoms with E-state index < -0.39 is 0 Å². The number of ether oxygens (including phenoxy) is 1. The molecule has 0 radical (unpaired) electrons. The van der Waals surface area contributed by atoms with Gasteiger partial charge in [0.1, 0.15) is 0 Å². The zero-order chi connectivity index (χ0) is 9.68. The van der Waals surface area contributed by atoms with Gasteiger partial charge in [0.25, 0.3) is 0 Å². The highest BCUT2D eigenvalue weighted by Gasteiger charge is 2.02. The first-order valence-corrected chi connectivity index (χ1v) is 4.86. The smallest absolute Gasteiger partial charge is 0.213 e. The Kier molecular flexibility index (Phi) is 3.74. The first-order valence-electron chi connectivity index (χ1n) is 4.86. The average Bonchev–Trinajstić information content (AvgIpc) is 2.18. The van der Waals surface area contributed by atoms with E-state index in [1.165, 1.54) is 5.56 Å². The molecular formula is C11H17NO. The van der Waals surface area contributed by atoms with Crippen LogP contribution in [0.2, 0.25) is 0 Å². The Morgan fingerprint density at radius 3 is 2.62 bits per heavy atom. The number of hydrogen-bond acceptors (Lipinski definition) is 2. The lowest BCUT2D eigenvalue weighted by Crippen LogP contribution is -1.96. The molecule has 72 valence electrons. The van der Waals surface area contributed by atoms with E-state index in [1.807, 2.05) is 19.2 Å². The van der Waals surface area contributed by atoms with Gasteiger partial charge in [-0.1, -0.05) is 19.9 Å². The van der Waals surface area contributed by atoms with Gasteiger partial charge in [-0.05, 0) is 24.8 Å². The number of nitrogens with zero attached hydrogens (tertiary/aromatic N) is 1. The molecule has 0 N–H and O–H groups in total. The highest BCUT2D eigenvalue weighted by Crippen LogP contribution is 2.19. The molecule has 1 rings (SSSR count). The molecule has 0 bridgehead atoms. The van der Waals surface area contributed by atoms with Crippen molar-refractivity contribution in [1.29, 1.82) is 0 Å². The van der Waals surface area contributed by atoms with Gasteiger partial charge in [0.05, 0.1) is 6.61 Å². The number of hydrogen-bond donors (Lipinski definition) is 0. The summed E-state index contributed by atoms with van der Waals surface area (Å²) in [5, 5.41) is 0. The summed E-state index contributed by atoms with van der Waals surface area (Å²) in [5.41, 5.74) is 1.28. The van der Waals surface area contributed by atoms with Crippen molar-refractivity contribution in [2.75, 3.05) is 6.61 Å². The molecule has 0 aliphatic carbocycles. The normalized spacial score (nSPS) is 12.5. The summed E-state index contributed by atoms with van der Waals surface area (Å²) in [6, 6.07) is 4.02. The van der Waals surface area contributed by atoms with Gasteiger partial charge in [-0.2, -0.15) is 0 Å². The van der Waals surface area contributed by atoms with E-state index in [-0.39, 0.29) is 0 Å². The monoisotopic (exact) mass is 179 g/mol. The van der Waals surface area contributed by atoms with Gasteiger partial charge in [0.15, 0.2) is 0 Å². The molecular weight excluding hydrogens is 162 g/mol. The van der Waals surface area contributed by atoms with Crippen molar-refractivity contribution in [2.24, 2.45) is 0 Å². The van der Waals surface area contributed by atoms with E-state index in [1.54, 1.807) is 0 Å². The number of aromatic nitrogens is 1. The molecule has 0 aliphatic rings. The van der Waals surface area contributed by atoms with E-state index in [0.717, 1.165) is 12.3 Å². The fourth-order valence-electron chi connectivity index (χ4n) is 1.15. The minimum Gasteiger partial charge on any atom is -0.478 e. The summed E-state index contributed by atoms with van der Waals surface area (Å²) in [6.45, 7) is 7.03. The zero-order valence-electron chi connectivity index (χ0n) is 8.58. The molecule has 0 spiro atoms. The second-order valence-corrected chi connectivity index (χ2v) is 3.17. The Morgan fingerprint density at radius 1 is 1.38 bits per heavy atom. The van der Waals surface area contributed by atoms with Crippen molar-refractivity contribution < 1.29 is 4.74 Å².